The Bertz CT molecular complexity index is 1030. The van der Waals surface area contributed by atoms with Crippen LogP contribution in [0, 0.1) is 11.6 Å². The minimum atomic E-state index is -0.737. The molecule has 2 aromatic carbocycles. The monoisotopic (exact) mass is 483 g/mol. The van der Waals surface area contributed by atoms with E-state index in [9.17, 15) is 13.6 Å². The van der Waals surface area contributed by atoms with Gasteiger partial charge in [-0.3, -0.25) is 14.6 Å². The summed E-state index contributed by atoms with van der Waals surface area (Å²) in [4.78, 5) is 21.1. The fourth-order valence-electron chi connectivity index (χ4n) is 3.40. The first-order valence-electron chi connectivity index (χ1n) is 10.1. The Balaban J connectivity index is 0.00000289. The lowest BCUT2D eigenvalue weighted by molar-refractivity contribution is -0.120. The summed E-state index contributed by atoms with van der Waals surface area (Å²) < 4.78 is 39.1. The Morgan fingerprint density at radius 2 is 1.94 bits per heavy atom. The van der Waals surface area contributed by atoms with Crippen LogP contribution >= 0.6 is 23.7 Å². The zero-order valence-electron chi connectivity index (χ0n) is 17.3. The fourth-order valence-corrected chi connectivity index (χ4v) is 4.45. The number of morpholine rings is 1. The van der Waals surface area contributed by atoms with E-state index in [2.05, 4.69) is 9.88 Å². The lowest BCUT2D eigenvalue weighted by Crippen LogP contribution is -2.40. The van der Waals surface area contributed by atoms with Gasteiger partial charge in [0.25, 0.3) is 5.91 Å². The number of hydrogen-bond donors (Lipinski definition) is 0. The number of carbonyl (C=O) groups is 1. The molecule has 0 N–H and O–H groups in total. The summed E-state index contributed by atoms with van der Waals surface area (Å²) in [7, 11) is 0. The number of nitrogens with zero attached hydrogens (tertiary/aromatic N) is 3. The maximum absolute atomic E-state index is 14.1. The smallest absolute Gasteiger partial charge is 0.266 e. The molecule has 10 heteroatoms. The summed E-state index contributed by atoms with van der Waals surface area (Å²) in [6.07, 6.45) is 0.712. The van der Waals surface area contributed by atoms with E-state index in [-0.39, 0.29) is 30.4 Å². The molecule has 0 saturated carbocycles. The van der Waals surface area contributed by atoms with Gasteiger partial charge in [0, 0.05) is 32.2 Å². The molecule has 3 aromatic rings. The number of benzene rings is 2. The molecular weight excluding hydrogens is 460 g/mol. The second kappa shape index (κ2) is 11.5. The second-order valence-corrected chi connectivity index (χ2v) is 8.19. The Morgan fingerprint density at radius 1 is 1.19 bits per heavy atom. The number of anilines is 1. The van der Waals surface area contributed by atoms with Crippen molar-refractivity contribution in [3.63, 3.8) is 0 Å². The molecule has 0 atom stereocenters. The van der Waals surface area contributed by atoms with Crippen molar-refractivity contribution in [3.8, 4) is 5.75 Å². The highest BCUT2D eigenvalue weighted by Gasteiger charge is 2.22. The largest absolute Gasteiger partial charge is 0.484 e. The minimum absolute atomic E-state index is 0. The summed E-state index contributed by atoms with van der Waals surface area (Å²) >= 11 is 1.09. The van der Waals surface area contributed by atoms with E-state index in [0.717, 1.165) is 37.0 Å². The van der Waals surface area contributed by atoms with Gasteiger partial charge >= 0.3 is 0 Å². The predicted molar refractivity (Wildman–Crippen MR) is 123 cm³/mol. The molecule has 0 bridgehead atoms. The number of carbonyl (C=O) groups excluding carboxylic acids is 1. The van der Waals surface area contributed by atoms with Crippen LogP contribution in [0.25, 0.3) is 10.2 Å². The van der Waals surface area contributed by atoms with Crippen LogP contribution in [-0.4, -0.2) is 61.8 Å². The van der Waals surface area contributed by atoms with Gasteiger partial charge in [0.05, 0.1) is 17.9 Å². The number of rotatable bonds is 8. The molecule has 1 aliphatic rings. The topological polar surface area (TPSA) is 54.9 Å². The van der Waals surface area contributed by atoms with Crippen LogP contribution in [0.15, 0.2) is 42.5 Å². The Labute approximate surface area is 195 Å². The third-order valence-corrected chi connectivity index (χ3v) is 6.02. The Kier molecular flexibility index (Phi) is 8.75. The average Bonchev–Trinajstić information content (AvgIpc) is 3.20. The number of ether oxygens (including phenoxy) is 2. The van der Waals surface area contributed by atoms with Gasteiger partial charge in [-0.05, 0) is 24.6 Å². The van der Waals surface area contributed by atoms with Crippen molar-refractivity contribution >= 4 is 45.0 Å². The van der Waals surface area contributed by atoms with Crippen molar-refractivity contribution in [2.45, 2.75) is 6.42 Å². The van der Waals surface area contributed by atoms with Crippen LogP contribution in [0.2, 0.25) is 0 Å². The van der Waals surface area contributed by atoms with Crippen LogP contribution < -0.4 is 9.64 Å². The van der Waals surface area contributed by atoms with E-state index in [0.29, 0.717) is 41.8 Å². The van der Waals surface area contributed by atoms with E-state index < -0.39 is 11.6 Å². The van der Waals surface area contributed by atoms with Crippen molar-refractivity contribution in [2.24, 2.45) is 0 Å². The number of amides is 1. The first-order valence-corrected chi connectivity index (χ1v) is 11.0. The highest BCUT2D eigenvalue weighted by atomic mass is 35.5. The fraction of sp³-hybridized carbons (Fsp3) is 0.364. The molecule has 1 fully saturated rings. The third-order valence-electron chi connectivity index (χ3n) is 5.00. The maximum Gasteiger partial charge on any atom is 0.266 e. The molecule has 2 heterocycles. The van der Waals surface area contributed by atoms with E-state index in [4.69, 9.17) is 9.47 Å². The highest BCUT2D eigenvalue weighted by molar-refractivity contribution is 7.22. The summed E-state index contributed by atoms with van der Waals surface area (Å²) in [6, 6.07) is 11.1. The average molecular weight is 484 g/mol. The highest BCUT2D eigenvalue weighted by Crippen LogP contribution is 2.31. The van der Waals surface area contributed by atoms with Gasteiger partial charge in [0.15, 0.2) is 17.6 Å². The molecule has 0 unspecified atom stereocenters. The van der Waals surface area contributed by atoms with Crippen LogP contribution in [-0.2, 0) is 9.53 Å². The molecule has 4 rings (SSSR count). The van der Waals surface area contributed by atoms with Gasteiger partial charge in [0.2, 0.25) is 0 Å². The van der Waals surface area contributed by atoms with E-state index in [1.165, 1.54) is 11.0 Å². The summed E-state index contributed by atoms with van der Waals surface area (Å²) in [5, 5.41) is 0.336. The number of thiazole rings is 1. The number of hydrogen-bond acceptors (Lipinski definition) is 6. The van der Waals surface area contributed by atoms with Crippen LogP contribution in [0.1, 0.15) is 6.42 Å². The van der Waals surface area contributed by atoms with Crippen molar-refractivity contribution < 1.29 is 23.0 Å². The molecule has 172 valence electrons. The van der Waals surface area contributed by atoms with Crippen molar-refractivity contribution in [2.75, 3.05) is 50.9 Å². The van der Waals surface area contributed by atoms with Gasteiger partial charge in [-0.25, -0.2) is 13.8 Å². The predicted octanol–water partition coefficient (Wildman–Crippen LogP) is 4.13. The second-order valence-electron chi connectivity index (χ2n) is 7.19. The lowest BCUT2D eigenvalue weighted by atomic mass is 10.3. The van der Waals surface area contributed by atoms with Crippen LogP contribution in [0.3, 0.4) is 0 Å². The summed E-state index contributed by atoms with van der Waals surface area (Å²) in [5.41, 5.74) is 0.0661. The maximum atomic E-state index is 14.1. The molecule has 32 heavy (non-hydrogen) atoms. The number of para-hydroxylation sites is 1. The molecule has 6 nitrogen and oxygen atoms in total. The summed E-state index contributed by atoms with van der Waals surface area (Å²) in [6.45, 7) is 4.16. The van der Waals surface area contributed by atoms with E-state index >= 15 is 0 Å². The minimum Gasteiger partial charge on any atom is -0.484 e. The normalized spacial score (nSPS) is 14.2. The van der Waals surface area contributed by atoms with Gasteiger partial charge in [-0.2, -0.15) is 0 Å². The Morgan fingerprint density at radius 3 is 2.69 bits per heavy atom. The van der Waals surface area contributed by atoms with Gasteiger partial charge in [-0.1, -0.05) is 29.5 Å². The van der Waals surface area contributed by atoms with E-state index in [1.807, 2.05) is 18.2 Å². The molecular formula is C22H24ClF2N3O3S. The first kappa shape index (κ1) is 24.3. The van der Waals surface area contributed by atoms with Gasteiger partial charge in [0.1, 0.15) is 17.1 Å². The molecule has 1 aromatic heterocycles. The van der Waals surface area contributed by atoms with Crippen LogP contribution in [0.4, 0.5) is 13.9 Å². The third kappa shape index (κ3) is 6.13. The molecule has 1 aliphatic heterocycles. The summed E-state index contributed by atoms with van der Waals surface area (Å²) in [5.74, 6) is -1.11. The number of halogens is 3. The van der Waals surface area contributed by atoms with Crippen molar-refractivity contribution in [1.82, 2.24) is 9.88 Å². The zero-order chi connectivity index (χ0) is 21.6. The number of aromatic nitrogens is 1. The van der Waals surface area contributed by atoms with Gasteiger partial charge < -0.3 is 9.47 Å². The standard InChI is InChI=1S/C22H23F2N3O3S.ClH/c23-16-13-18(24)21-19(14-16)31-22(25-21)27(8-4-7-26-9-11-29-12-10-26)20(28)15-30-17-5-2-1-3-6-17;/h1-3,5-6,13-14H,4,7-12,15H2;1H. The molecule has 0 radical (unpaired) electrons. The van der Waals surface area contributed by atoms with Crippen LogP contribution in [0.5, 0.6) is 5.75 Å². The molecule has 1 amide bonds. The molecule has 1 saturated heterocycles. The zero-order valence-corrected chi connectivity index (χ0v) is 19.0. The lowest BCUT2D eigenvalue weighted by Gasteiger charge is -2.27. The van der Waals surface area contributed by atoms with Crippen molar-refractivity contribution in [1.29, 1.82) is 0 Å². The SMILES string of the molecule is Cl.O=C(COc1ccccc1)N(CCCN1CCOCC1)c1nc2c(F)cc(F)cc2s1. The molecule has 0 spiro atoms. The molecule has 0 aliphatic carbocycles. The Hall–Kier alpha value is -2.33. The van der Waals surface area contributed by atoms with Crippen molar-refractivity contribution in [3.05, 3.63) is 54.1 Å². The van der Waals surface area contributed by atoms with Gasteiger partial charge in [-0.15, -0.1) is 12.4 Å². The first-order chi connectivity index (χ1) is 15.1. The quantitative estimate of drug-likeness (QED) is 0.482. The number of fused-ring (bicyclic) bond motifs is 1. The van der Waals surface area contributed by atoms with E-state index in [1.54, 1.807) is 12.1 Å².